The number of nitrogens with zero attached hydrogens (tertiary/aromatic N) is 3. The van der Waals surface area contributed by atoms with Crippen LogP contribution in [0.1, 0.15) is 39.7 Å². The molecule has 3 heterocycles. The number of rotatable bonds is 2. The highest BCUT2D eigenvalue weighted by atomic mass is 32.1. The van der Waals surface area contributed by atoms with Gasteiger partial charge in [0.15, 0.2) is 0 Å². The van der Waals surface area contributed by atoms with Crippen molar-refractivity contribution in [1.82, 2.24) is 14.9 Å². The van der Waals surface area contributed by atoms with Gasteiger partial charge in [-0.3, -0.25) is 4.79 Å². The van der Waals surface area contributed by atoms with E-state index in [0.717, 1.165) is 42.1 Å². The number of hydrogen-bond donors (Lipinski definition) is 0. The summed E-state index contributed by atoms with van der Waals surface area (Å²) in [5.41, 5.74) is 2.12. The van der Waals surface area contributed by atoms with Crippen LogP contribution in [0, 0.1) is 6.92 Å². The number of piperidine rings is 1. The van der Waals surface area contributed by atoms with Crippen molar-refractivity contribution >= 4 is 17.2 Å². The Morgan fingerprint density at radius 3 is 3.05 bits per heavy atom. The van der Waals surface area contributed by atoms with E-state index >= 15 is 0 Å². The van der Waals surface area contributed by atoms with E-state index in [-0.39, 0.29) is 5.91 Å². The first-order valence-corrected chi connectivity index (χ1v) is 7.73. The van der Waals surface area contributed by atoms with Crippen LogP contribution in [-0.4, -0.2) is 33.9 Å². The van der Waals surface area contributed by atoms with Gasteiger partial charge in [0.2, 0.25) is 0 Å². The molecule has 0 radical (unpaired) electrons. The second-order valence-electron chi connectivity index (χ2n) is 5.16. The summed E-state index contributed by atoms with van der Waals surface area (Å²) in [5.74, 6) is 0.493. The molecule has 0 aromatic carbocycles. The van der Waals surface area contributed by atoms with Crippen LogP contribution in [0.2, 0.25) is 0 Å². The van der Waals surface area contributed by atoms with E-state index in [9.17, 15) is 4.79 Å². The Bertz CT molecular complexity index is 596. The second-order valence-corrected chi connectivity index (χ2v) is 6.07. The van der Waals surface area contributed by atoms with E-state index in [1.807, 2.05) is 29.3 Å². The average Bonchev–Trinajstić information content (AvgIpc) is 2.94. The molecule has 0 spiro atoms. The van der Waals surface area contributed by atoms with Crippen molar-refractivity contribution in [2.45, 2.75) is 25.7 Å². The predicted molar refractivity (Wildman–Crippen MR) is 79.0 cm³/mol. The van der Waals surface area contributed by atoms with Crippen molar-refractivity contribution in [1.29, 1.82) is 0 Å². The minimum absolute atomic E-state index is 0.163. The molecule has 0 unspecified atom stereocenters. The standard InChI is InChI=1S/C15H17N3OS/c1-11-5-8-20-14(11)15(19)18-7-2-3-12(9-18)13-4-6-16-10-17-13/h4-6,8,10,12H,2-3,7,9H2,1H3/t12-/m0/s1. The topological polar surface area (TPSA) is 46.1 Å². The Morgan fingerprint density at radius 2 is 2.35 bits per heavy atom. The van der Waals surface area contributed by atoms with Crippen molar-refractivity contribution in [2.24, 2.45) is 0 Å². The first-order chi connectivity index (χ1) is 9.75. The van der Waals surface area contributed by atoms with Gasteiger partial charge in [-0.1, -0.05) is 0 Å². The summed E-state index contributed by atoms with van der Waals surface area (Å²) in [6, 6.07) is 3.96. The Balaban J connectivity index is 1.76. The Morgan fingerprint density at radius 1 is 1.45 bits per heavy atom. The lowest BCUT2D eigenvalue weighted by Gasteiger charge is -2.32. The molecule has 3 rings (SSSR count). The van der Waals surface area contributed by atoms with E-state index in [1.54, 1.807) is 12.5 Å². The summed E-state index contributed by atoms with van der Waals surface area (Å²) in [6.07, 6.45) is 5.47. The lowest BCUT2D eigenvalue weighted by Crippen LogP contribution is -2.39. The third-order valence-corrected chi connectivity index (χ3v) is 4.79. The van der Waals surface area contributed by atoms with E-state index < -0.39 is 0 Å². The molecule has 2 aromatic rings. The largest absolute Gasteiger partial charge is 0.337 e. The summed E-state index contributed by atoms with van der Waals surface area (Å²) in [6.45, 7) is 3.60. The maximum absolute atomic E-state index is 12.6. The normalized spacial score (nSPS) is 19.1. The van der Waals surface area contributed by atoms with Gasteiger partial charge in [0, 0.05) is 30.9 Å². The lowest BCUT2D eigenvalue weighted by atomic mass is 9.94. The molecular formula is C15H17N3OS. The summed E-state index contributed by atoms with van der Waals surface area (Å²) in [7, 11) is 0. The van der Waals surface area contributed by atoms with Crippen molar-refractivity contribution in [3.8, 4) is 0 Å². The molecule has 1 aliphatic heterocycles. The van der Waals surface area contributed by atoms with Crippen LogP contribution < -0.4 is 0 Å². The molecule has 2 aromatic heterocycles. The number of hydrogen-bond acceptors (Lipinski definition) is 4. The molecule has 20 heavy (non-hydrogen) atoms. The van der Waals surface area contributed by atoms with Crippen molar-refractivity contribution < 1.29 is 4.79 Å². The maximum atomic E-state index is 12.6. The molecule has 0 aliphatic carbocycles. The van der Waals surface area contributed by atoms with E-state index in [4.69, 9.17) is 0 Å². The first-order valence-electron chi connectivity index (χ1n) is 6.85. The van der Waals surface area contributed by atoms with Gasteiger partial charge in [0.05, 0.1) is 4.88 Å². The molecule has 0 bridgehead atoms. The molecule has 1 saturated heterocycles. The highest BCUT2D eigenvalue weighted by Crippen LogP contribution is 2.27. The van der Waals surface area contributed by atoms with Crippen molar-refractivity contribution in [3.63, 3.8) is 0 Å². The molecule has 0 N–H and O–H groups in total. The number of likely N-dealkylation sites (tertiary alicyclic amines) is 1. The van der Waals surface area contributed by atoms with Gasteiger partial charge in [-0.25, -0.2) is 9.97 Å². The van der Waals surface area contributed by atoms with Crippen LogP contribution >= 0.6 is 11.3 Å². The van der Waals surface area contributed by atoms with Crippen LogP contribution in [0.15, 0.2) is 30.0 Å². The van der Waals surface area contributed by atoms with E-state index in [1.165, 1.54) is 11.3 Å². The minimum atomic E-state index is 0.163. The zero-order chi connectivity index (χ0) is 13.9. The Kier molecular flexibility index (Phi) is 3.78. The molecule has 1 fully saturated rings. The number of carbonyl (C=O) groups excluding carboxylic acids is 1. The number of carbonyl (C=O) groups is 1. The molecule has 5 heteroatoms. The first kappa shape index (κ1) is 13.2. The van der Waals surface area contributed by atoms with E-state index in [2.05, 4.69) is 9.97 Å². The zero-order valence-corrected chi connectivity index (χ0v) is 12.3. The third-order valence-electron chi connectivity index (χ3n) is 3.79. The van der Waals surface area contributed by atoms with E-state index in [0.29, 0.717) is 5.92 Å². The van der Waals surface area contributed by atoms with Gasteiger partial charge in [-0.15, -0.1) is 11.3 Å². The van der Waals surface area contributed by atoms with Crippen molar-refractivity contribution in [3.05, 3.63) is 46.2 Å². The predicted octanol–water partition coefficient (Wildman–Crippen LogP) is 2.87. The quantitative estimate of drug-likeness (QED) is 0.853. The van der Waals surface area contributed by atoms with Gasteiger partial charge < -0.3 is 4.90 Å². The molecule has 1 aliphatic rings. The number of amides is 1. The fourth-order valence-corrected chi connectivity index (χ4v) is 3.57. The highest BCUT2D eigenvalue weighted by Gasteiger charge is 2.27. The number of aromatic nitrogens is 2. The second kappa shape index (κ2) is 5.71. The molecule has 0 saturated carbocycles. The molecule has 104 valence electrons. The summed E-state index contributed by atoms with van der Waals surface area (Å²) >= 11 is 1.53. The zero-order valence-electron chi connectivity index (χ0n) is 11.5. The fraction of sp³-hybridized carbons (Fsp3) is 0.400. The summed E-state index contributed by atoms with van der Waals surface area (Å²) in [4.78, 5) is 23.7. The maximum Gasteiger partial charge on any atom is 0.264 e. The van der Waals surface area contributed by atoms with Gasteiger partial charge in [-0.2, -0.15) is 0 Å². The fourth-order valence-electron chi connectivity index (χ4n) is 2.68. The number of thiophene rings is 1. The van der Waals surface area contributed by atoms with Crippen molar-refractivity contribution in [2.75, 3.05) is 13.1 Å². The van der Waals surface area contributed by atoms with Crippen LogP contribution in [0.25, 0.3) is 0 Å². The summed E-state index contributed by atoms with van der Waals surface area (Å²) < 4.78 is 0. The van der Waals surface area contributed by atoms with Crippen LogP contribution in [0.5, 0.6) is 0 Å². The Labute approximate surface area is 122 Å². The van der Waals surface area contributed by atoms with Gasteiger partial charge >= 0.3 is 0 Å². The average molecular weight is 287 g/mol. The van der Waals surface area contributed by atoms with Crippen LogP contribution in [-0.2, 0) is 0 Å². The molecule has 4 nitrogen and oxygen atoms in total. The SMILES string of the molecule is Cc1ccsc1C(=O)N1CCC[C@H](c2ccncn2)C1. The Hall–Kier alpha value is -1.75. The van der Waals surface area contributed by atoms with Crippen LogP contribution in [0.3, 0.4) is 0 Å². The van der Waals surface area contributed by atoms with Gasteiger partial charge in [0.1, 0.15) is 6.33 Å². The molecule has 1 atom stereocenters. The minimum Gasteiger partial charge on any atom is -0.337 e. The number of aryl methyl sites for hydroxylation is 1. The summed E-state index contributed by atoms with van der Waals surface area (Å²) in [5, 5.41) is 1.98. The molecular weight excluding hydrogens is 270 g/mol. The van der Waals surface area contributed by atoms with Gasteiger partial charge in [-0.05, 0) is 42.8 Å². The smallest absolute Gasteiger partial charge is 0.264 e. The lowest BCUT2D eigenvalue weighted by molar-refractivity contribution is 0.0710. The molecule has 1 amide bonds. The monoisotopic (exact) mass is 287 g/mol. The third kappa shape index (κ3) is 2.58. The highest BCUT2D eigenvalue weighted by molar-refractivity contribution is 7.12. The van der Waals surface area contributed by atoms with Gasteiger partial charge in [0.25, 0.3) is 5.91 Å². The van der Waals surface area contributed by atoms with Crippen LogP contribution in [0.4, 0.5) is 0 Å².